The summed E-state index contributed by atoms with van der Waals surface area (Å²) in [6.45, 7) is 8.25. The fourth-order valence-corrected chi connectivity index (χ4v) is 4.39. The number of carbonyl (C=O) groups is 1. The molecule has 1 aliphatic heterocycles. The van der Waals surface area contributed by atoms with Crippen molar-refractivity contribution in [2.45, 2.75) is 0 Å². The Bertz CT molecular complexity index is 1470. The van der Waals surface area contributed by atoms with Crippen LogP contribution in [-0.4, -0.2) is 72.2 Å². The summed E-state index contributed by atoms with van der Waals surface area (Å²) in [7, 11) is 1.70. The van der Waals surface area contributed by atoms with Crippen molar-refractivity contribution >= 4 is 40.0 Å². The second-order valence-electron chi connectivity index (χ2n) is 9.03. The number of piperazine rings is 1. The van der Waals surface area contributed by atoms with Gasteiger partial charge in [-0.15, -0.1) is 0 Å². The van der Waals surface area contributed by atoms with Gasteiger partial charge in [-0.3, -0.25) is 9.69 Å². The minimum absolute atomic E-state index is 0.245. The maximum absolute atomic E-state index is 15.1. The number of rotatable bonds is 10. The predicted molar refractivity (Wildman–Crippen MR) is 149 cm³/mol. The molecule has 1 amide bonds. The number of fused-ring (bicyclic) bond motifs is 1. The molecule has 1 saturated heterocycles. The van der Waals surface area contributed by atoms with Crippen molar-refractivity contribution in [3.63, 3.8) is 0 Å². The number of aromatic amines is 1. The molecular formula is C28H30FN7O3. The highest BCUT2D eigenvalue weighted by molar-refractivity contribution is 5.99. The fourth-order valence-electron chi connectivity index (χ4n) is 4.39. The minimum Gasteiger partial charge on any atom is -0.438 e. The van der Waals surface area contributed by atoms with E-state index in [1.54, 1.807) is 49.7 Å². The summed E-state index contributed by atoms with van der Waals surface area (Å²) in [5, 5.41) is 6.46. The molecule has 0 radical (unpaired) electrons. The number of hydrogen-bond acceptors (Lipinski definition) is 8. The van der Waals surface area contributed by atoms with Crippen LogP contribution in [0.4, 0.5) is 27.4 Å². The highest BCUT2D eigenvalue weighted by Crippen LogP contribution is 2.31. The van der Waals surface area contributed by atoms with Crippen molar-refractivity contribution in [1.29, 1.82) is 0 Å². The van der Waals surface area contributed by atoms with Crippen molar-refractivity contribution < 1.29 is 18.7 Å². The molecule has 2 aromatic heterocycles. The number of amides is 1. The van der Waals surface area contributed by atoms with Crippen LogP contribution in [-0.2, 0) is 9.53 Å². The van der Waals surface area contributed by atoms with Gasteiger partial charge in [-0.25, -0.2) is 4.39 Å². The Morgan fingerprint density at radius 2 is 1.97 bits per heavy atom. The van der Waals surface area contributed by atoms with Crippen LogP contribution in [0.25, 0.3) is 11.0 Å². The average molecular weight is 532 g/mol. The van der Waals surface area contributed by atoms with E-state index in [2.05, 4.69) is 42.0 Å². The number of nitrogens with zero attached hydrogens (tertiary/aromatic N) is 4. The lowest BCUT2D eigenvalue weighted by Gasteiger charge is -2.36. The van der Waals surface area contributed by atoms with Crippen molar-refractivity contribution in [2.75, 3.05) is 62.0 Å². The first-order valence-corrected chi connectivity index (χ1v) is 12.6. The number of halogens is 1. The monoisotopic (exact) mass is 531 g/mol. The normalized spacial score (nSPS) is 13.8. The molecule has 0 spiro atoms. The van der Waals surface area contributed by atoms with Crippen LogP contribution in [0.5, 0.6) is 11.6 Å². The highest BCUT2D eigenvalue weighted by Gasteiger charge is 2.20. The minimum atomic E-state index is -0.323. The summed E-state index contributed by atoms with van der Waals surface area (Å²) < 4.78 is 26.4. The molecule has 4 aromatic rings. The molecule has 10 nitrogen and oxygen atoms in total. The van der Waals surface area contributed by atoms with E-state index in [0.29, 0.717) is 46.3 Å². The Labute approximate surface area is 225 Å². The van der Waals surface area contributed by atoms with Gasteiger partial charge in [0, 0.05) is 63.5 Å². The average Bonchev–Trinajstić information content (AvgIpc) is 3.42. The number of nitrogens with one attached hydrogen (secondary N) is 3. The second kappa shape index (κ2) is 11.9. The summed E-state index contributed by atoms with van der Waals surface area (Å²) in [6.07, 6.45) is 2.93. The maximum Gasteiger partial charge on any atom is 0.247 e. The lowest BCUT2D eigenvalue weighted by Crippen LogP contribution is -2.47. The first-order chi connectivity index (χ1) is 19.0. The Morgan fingerprint density at radius 3 is 2.74 bits per heavy atom. The molecule has 3 heterocycles. The van der Waals surface area contributed by atoms with Crippen molar-refractivity contribution in [3.05, 3.63) is 73.2 Å². The molecule has 0 unspecified atom stereocenters. The summed E-state index contributed by atoms with van der Waals surface area (Å²) in [5.74, 6) is 0.383. The zero-order chi connectivity index (χ0) is 27.2. The summed E-state index contributed by atoms with van der Waals surface area (Å²) >= 11 is 0. The fraction of sp³-hybridized carbons (Fsp3) is 0.250. The van der Waals surface area contributed by atoms with Gasteiger partial charge >= 0.3 is 0 Å². The lowest BCUT2D eigenvalue weighted by atomic mass is 10.2. The smallest absolute Gasteiger partial charge is 0.247 e. The zero-order valence-electron chi connectivity index (χ0n) is 21.6. The van der Waals surface area contributed by atoms with Gasteiger partial charge in [0.15, 0.2) is 0 Å². The molecule has 202 valence electrons. The van der Waals surface area contributed by atoms with E-state index in [9.17, 15) is 4.79 Å². The molecule has 2 aromatic carbocycles. The van der Waals surface area contributed by atoms with E-state index >= 15 is 4.39 Å². The molecule has 5 rings (SSSR count). The van der Waals surface area contributed by atoms with E-state index in [4.69, 9.17) is 9.47 Å². The van der Waals surface area contributed by atoms with Gasteiger partial charge in [-0.05, 0) is 42.5 Å². The molecule has 0 aliphatic carbocycles. The van der Waals surface area contributed by atoms with Crippen molar-refractivity contribution in [2.24, 2.45) is 0 Å². The molecule has 1 aliphatic rings. The van der Waals surface area contributed by atoms with Crippen LogP contribution in [0, 0.1) is 5.82 Å². The Balaban J connectivity index is 1.31. The number of carbonyl (C=O) groups excluding carboxylic acids is 1. The SMILES string of the molecule is C=CC(=O)Nc1cccc(Oc2nc(Nc3ccc(N4CCN(CCOC)CC4)c(F)c3)nc3[nH]ccc23)c1. The van der Waals surface area contributed by atoms with Crippen LogP contribution >= 0.6 is 0 Å². The van der Waals surface area contributed by atoms with E-state index in [1.165, 1.54) is 12.1 Å². The van der Waals surface area contributed by atoms with Gasteiger partial charge in [0.05, 0.1) is 17.7 Å². The van der Waals surface area contributed by atoms with Crippen LogP contribution in [0.2, 0.25) is 0 Å². The third-order valence-corrected chi connectivity index (χ3v) is 6.41. The van der Waals surface area contributed by atoms with Crippen LogP contribution < -0.4 is 20.3 Å². The molecule has 0 atom stereocenters. The van der Waals surface area contributed by atoms with Crippen molar-refractivity contribution in [3.8, 4) is 11.6 Å². The van der Waals surface area contributed by atoms with Crippen LogP contribution in [0.1, 0.15) is 0 Å². The quantitative estimate of drug-likeness (QED) is 0.256. The standard InChI is InChI=1S/C28H30FN7O3/c1-3-25(37)31-19-5-4-6-21(17-19)39-27-22-9-10-30-26(22)33-28(34-27)32-20-7-8-24(23(29)18-20)36-13-11-35(12-14-36)15-16-38-2/h3-10,17-18H,1,11-16H2,2H3,(H,31,37)(H2,30,32,33,34). The van der Waals surface area contributed by atoms with Gasteiger partial charge < -0.3 is 30.0 Å². The van der Waals surface area contributed by atoms with Gasteiger partial charge in [0.25, 0.3) is 0 Å². The van der Waals surface area contributed by atoms with E-state index in [1.807, 2.05) is 6.07 Å². The number of aromatic nitrogens is 3. The highest BCUT2D eigenvalue weighted by atomic mass is 19.1. The Kier molecular flexibility index (Phi) is 7.99. The van der Waals surface area contributed by atoms with Crippen molar-refractivity contribution in [1.82, 2.24) is 19.9 Å². The largest absolute Gasteiger partial charge is 0.438 e. The number of benzene rings is 2. The number of methoxy groups -OCH3 is 1. The first kappa shape index (κ1) is 26.1. The molecule has 11 heteroatoms. The number of hydrogen-bond donors (Lipinski definition) is 3. The molecular weight excluding hydrogens is 501 g/mol. The maximum atomic E-state index is 15.1. The molecule has 0 saturated carbocycles. The third kappa shape index (κ3) is 6.33. The zero-order valence-corrected chi connectivity index (χ0v) is 21.6. The van der Waals surface area contributed by atoms with E-state index < -0.39 is 0 Å². The molecule has 3 N–H and O–H groups in total. The van der Waals surface area contributed by atoms with Gasteiger partial charge in [-0.1, -0.05) is 12.6 Å². The molecule has 0 bridgehead atoms. The predicted octanol–water partition coefficient (Wildman–Crippen LogP) is 4.53. The van der Waals surface area contributed by atoms with Gasteiger partial charge in [0.2, 0.25) is 17.7 Å². The van der Waals surface area contributed by atoms with E-state index in [0.717, 1.165) is 32.7 Å². The molecule has 1 fully saturated rings. The second-order valence-corrected chi connectivity index (χ2v) is 9.03. The summed E-state index contributed by atoms with van der Waals surface area (Å²) in [6, 6.07) is 13.8. The third-order valence-electron chi connectivity index (χ3n) is 6.41. The number of ether oxygens (including phenoxy) is 2. The number of H-pyrrole nitrogens is 1. The Morgan fingerprint density at radius 1 is 1.13 bits per heavy atom. The van der Waals surface area contributed by atoms with Crippen LogP contribution in [0.3, 0.4) is 0 Å². The van der Waals surface area contributed by atoms with Gasteiger partial charge in [-0.2, -0.15) is 9.97 Å². The molecule has 39 heavy (non-hydrogen) atoms. The topological polar surface area (TPSA) is 108 Å². The first-order valence-electron chi connectivity index (χ1n) is 12.6. The number of anilines is 4. The lowest BCUT2D eigenvalue weighted by molar-refractivity contribution is -0.111. The summed E-state index contributed by atoms with van der Waals surface area (Å²) in [4.78, 5) is 28.1. The van der Waals surface area contributed by atoms with Crippen LogP contribution in [0.15, 0.2) is 67.4 Å². The van der Waals surface area contributed by atoms with E-state index in [-0.39, 0.29) is 17.7 Å². The van der Waals surface area contributed by atoms with Gasteiger partial charge in [0.1, 0.15) is 17.2 Å². The summed E-state index contributed by atoms with van der Waals surface area (Å²) in [5.41, 5.74) is 2.20. The Hall–Kier alpha value is -4.48.